The molecule has 20 heavy (non-hydrogen) atoms. The number of hydrogen-bond acceptors (Lipinski definition) is 3. The Morgan fingerprint density at radius 2 is 1.95 bits per heavy atom. The third-order valence-electron chi connectivity index (χ3n) is 4.05. The van der Waals surface area contributed by atoms with Crippen molar-refractivity contribution < 1.29 is 14.3 Å². The molecule has 2 amide bonds. The third-order valence-corrected chi connectivity index (χ3v) is 4.05. The molecule has 1 heterocycles. The van der Waals surface area contributed by atoms with Crippen LogP contribution in [0.4, 0.5) is 0 Å². The molecule has 1 aliphatic rings. The van der Waals surface area contributed by atoms with E-state index < -0.39 is 6.04 Å². The Hall–Kier alpha value is -1.10. The Morgan fingerprint density at radius 1 is 1.30 bits per heavy atom. The minimum Gasteiger partial charge on any atom is -0.385 e. The molecule has 1 saturated heterocycles. The first kappa shape index (κ1) is 17.0. The van der Waals surface area contributed by atoms with E-state index in [9.17, 15) is 9.59 Å². The van der Waals surface area contributed by atoms with Gasteiger partial charge in [-0.05, 0) is 18.3 Å². The highest BCUT2D eigenvalue weighted by Gasteiger charge is 2.43. The number of amides is 2. The van der Waals surface area contributed by atoms with Crippen molar-refractivity contribution in [3.8, 4) is 0 Å². The average Bonchev–Trinajstić information content (AvgIpc) is 2.41. The summed E-state index contributed by atoms with van der Waals surface area (Å²) < 4.78 is 5.05. The van der Waals surface area contributed by atoms with Crippen LogP contribution in [0.5, 0.6) is 0 Å². The van der Waals surface area contributed by atoms with E-state index in [1.165, 1.54) is 0 Å². The van der Waals surface area contributed by atoms with Gasteiger partial charge < -0.3 is 15.0 Å². The van der Waals surface area contributed by atoms with E-state index in [4.69, 9.17) is 4.74 Å². The minimum atomic E-state index is -0.398. The maximum Gasteiger partial charge on any atom is 0.246 e. The van der Waals surface area contributed by atoms with E-state index in [2.05, 4.69) is 5.32 Å². The molecule has 1 N–H and O–H groups in total. The first-order valence-corrected chi connectivity index (χ1v) is 7.53. The second-order valence-corrected chi connectivity index (χ2v) is 5.94. The van der Waals surface area contributed by atoms with Gasteiger partial charge in [0.2, 0.25) is 11.8 Å². The Labute approximate surface area is 122 Å². The Morgan fingerprint density at radius 3 is 2.45 bits per heavy atom. The van der Waals surface area contributed by atoms with E-state index in [1.807, 2.05) is 27.7 Å². The van der Waals surface area contributed by atoms with E-state index in [0.29, 0.717) is 13.2 Å². The molecular weight excluding hydrogens is 256 g/mol. The van der Waals surface area contributed by atoms with Crippen molar-refractivity contribution in [2.24, 2.45) is 11.8 Å². The predicted octanol–water partition coefficient (Wildman–Crippen LogP) is 1.42. The standard InChI is InChI=1S/C15H28N2O3/c1-6-11(4)13-14(18)16-12(10(2)3)15(19)17(13)8-7-9-20-5/h10-13H,6-9H2,1-5H3,(H,16,18). The topological polar surface area (TPSA) is 58.6 Å². The van der Waals surface area contributed by atoms with Crippen LogP contribution in [0.1, 0.15) is 40.5 Å². The highest BCUT2D eigenvalue weighted by atomic mass is 16.5. The van der Waals surface area contributed by atoms with Crippen molar-refractivity contribution in [1.82, 2.24) is 10.2 Å². The monoisotopic (exact) mass is 284 g/mol. The van der Waals surface area contributed by atoms with Crippen LogP contribution in [0.15, 0.2) is 0 Å². The van der Waals surface area contributed by atoms with Crippen molar-refractivity contribution in [2.45, 2.75) is 52.6 Å². The maximum atomic E-state index is 12.6. The summed E-state index contributed by atoms with van der Waals surface area (Å²) in [5, 5.41) is 2.89. The van der Waals surface area contributed by atoms with E-state index >= 15 is 0 Å². The lowest BCUT2D eigenvalue weighted by atomic mass is 9.90. The zero-order chi connectivity index (χ0) is 15.3. The van der Waals surface area contributed by atoms with Gasteiger partial charge in [0, 0.05) is 20.3 Å². The highest BCUT2D eigenvalue weighted by molar-refractivity contribution is 5.97. The van der Waals surface area contributed by atoms with Crippen LogP contribution in [-0.2, 0) is 14.3 Å². The Bertz CT molecular complexity index is 344. The molecule has 3 atom stereocenters. The van der Waals surface area contributed by atoms with Gasteiger partial charge in [0.15, 0.2) is 0 Å². The number of nitrogens with one attached hydrogen (secondary N) is 1. The van der Waals surface area contributed by atoms with Crippen LogP contribution in [0.3, 0.4) is 0 Å². The van der Waals surface area contributed by atoms with Crippen molar-refractivity contribution >= 4 is 11.8 Å². The smallest absolute Gasteiger partial charge is 0.246 e. The summed E-state index contributed by atoms with van der Waals surface area (Å²) in [6.07, 6.45) is 1.63. The summed E-state index contributed by atoms with van der Waals surface area (Å²) in [4.78, 5) is 26.7. The lowest BCUT2D eigenvalue weighted by molar-refractivity contribution is -0.153. The summed E-state index contributed by atoms with van der Waals surface area (Å²) in [5.41, 5.74) is 0. The Balaban J connectivity index is 2.91. The number of rotatable bonds is 7. The number of methoxy groups -OCH3 is 1. The van der Waals surface area contributed by atoms with Crippen LogP contribution in [0.25, 0.3) is 0 Å². The van der Waals surface area contributed by atoms with E-state index in [0.717, 1.165) is 12.8 Å². The fourth-order valence-corrected chi connectivity index (χ4v) is 2.63. The van der Waals surface area contributed by atoms with Crippen molar-refractivity contribution in [1.29, 1.82) is 0 Å². The molecule has 0 aliphatic carbocycles. The van der Waals surface area contributed by atoms with Crippen LogP contribution < -0.4 is 5.32 Å². The third kappa shape index (κ3) is 3.72. The predicted molar refractivity (Wildman–Crippen MR) is 78.2 cm³/mol. The summed E-state index contributed by atoms with van der Waals surface area (Å²) in [7, 11) is 1.65. The van der Waals surface area contributed by atoms with Gasteiger partial charge in [-0.15, -0.1) is 0 Å². The number of nitrogens with zero attached hydrogens (tertiary/aromatic N) is 1. The zero-order valence-corrected chi connectivity index (χ0v) is 13.3. The largest absolute Gasteiger partial charge is 0.385 e. The van der Waals surface area contributed by atoms with Gasteiger partial charge in [-0.3, -0.25) is 9.59 Å². The molecule has 5 heteroatoms. The Kier molecular flexibility index (Phi) is 6.46. The van der Waals surface area contributed by atoms with Crippen LogP contribution in [0.2, 0.25) is 0 Å². The molecule has 5 nitrogen and oxygen atoms in total. The fraction of sp³-hybridized carbons (Fsp3) is 0.867. The molecule has 0 saturated carbocycles. The number of carbonyl (C=O) groups is 2. The van der Waals surface area contributed by atoms with Gasteiger partial charge in [0.1, 0.15) is 12.1 Å². The number of ether oxygens (including phenoxy) is 1. The number of hydrogen-bond donors (Lipinski definition) is 1. The SMILES string of the molecule is CCC(C)C1C(=O)NC(C(C)C)C(=O)N1CCCOC. The minimum absolute atomic E-state index is 0.0185. The lowest BCUT2D eigenvalue weighted by Gasteiger charge is -2.42. The van der Waals surface area contributed by atoms with Crippen LogP contribution in [0, 0.1) is 11.8 Å². The normalized spacial score (nSPS) is 25.0. The quantitative estimate of drug-likeness (QED) is 0.719. The second kappa shape index (κ2) is 7.62. The van der Waals surface area contributed by atoms with E-state index in [1.54, 1.807) is 12.0 Å². The number of piperazine rings is 1. The first-order chi connectivity index (χ1) is 9.43. The molecule has 3 unspecified atom stereocenters. The zero-order valence-electron chi connectivity index (χ0n) is 13.3. The molecule has 0 spiro atoms. The highest BCUT2D eigenvalue weighted by Crippen LogP contribution is 2.22. The molecule has 0 radical (unpaired) electrons. The van der Waals surface area contributed by atoms with Crippen LogP contribution in [-0.4, -0.2) is 49.1 Å². The molecule has 116 valence electrons. The van der Waals surface area contributed by atoms with Gasteiger partial charge in [-0.2, -0.15) is 0 Å². The van der Waals surface area contributed by atoms with E-state index in [-0.39, 0.29) is 29.7 Å². The summed E-state index contributed by atoms with van der Waals surface area (Å²) >= 11 is 0. The summed E-state index contributed by atoms with van der Waals surface area (Å²) in [5.74, 6) is 0.292. The van der Waals surface area contributed by atoms with Crippen LogP contribution >= 0.6 is 0 Å². The molecule has 0 aromatic rings. The lowest BCUT2D eigenvalue weighted by Crippen LogP contribution is -2.66. The molecule has 0 aromatic heterocycles. The summed E-state index contributed by atoms with van der Waals surface area (Å²) in [6.45, 7) is 9.17. The van der Waals surface area contributed by atoms with Crippen molar-refractivity contribution in [2.75, 3.05) is 20.3 Å². The summed E-state index contributed by atoms with van der Waals surface area (Å²) in [6, 6.07) is -0.746. The van der Waals surface area contributed by atoms with Gasteiger partial charge in [-0.25, -0.2) is 0 Å². The number of carbonyl (C=O) groups excluding carboxylic acids is 2. The van der Waals surface area contributed by atoms with Gasteiger partial charge in [-0.1, -0.05) is 34.1 Å². The fourth-order valence-electron chi connectivity index (χ4n) is 2.63. The van der Waals surface area contributed by atoms with Gasteiger partial charge >= 0.3 is 0 Å². The first-order valence-electron chi connectivity index (χ1n) is 7.53. The van der Waals surface area contributed by atoms with Crippen molar-refractivity contribution in [3.05, 3.63) is 0 Å². The molecule has 1 fully saturated rings. The maximum absolute atomic E-state index is 12.6. The average molecular weight is 284 g/mol. The van der Waals surface area contributed by atoms with Gasteiger partial charge in [0.25, 0.3) is 0 Å². The molecule has 0 aromatic carbocycles. The molecule has 0 bridgehead atoms. The molecule has 1 rings (SSSR count). The second-order valence-electron chi connectivity index (χ2n) is 5.94. The van der Waals surface area contributed by atoms with Crippen molar-refractivity contribution in [3.63, 3.8) is 0 Å². The molecular formula is C15H28N2O3. The molecule has 1 aliphatic heterocycles. The van der Waals surface area contributed by atoms with Gasteiger partial charge in [0.05, 0.1) is 0 Å².